The molecule has 0 heterocycles. The zero-order chi connectivity index (χ0) is 10.4. The molecule has 0 radical (unpaired) electrons. The van der Waals surface area contributed by atoms with Gasteiger partial charge in [-0.2, -0.15) is 0 Å². The molecule has 0 N–H and O–H groups in total. The second-order valence-electron chi connectivity index (χ2n) is 2.68. The number of halogens is 1. The summed E-state index contributed by atoms with van der Waals surface area (Å²) in [5.74, 6) is 0.938. The van der Waals surface area contributed by atoms with Crippen molar-refractivity contribution in [2.75, 3.05) is 14.3 Å². The van der Waals surface area contributed by atoms with E-state index in [-0.39, 0.29) is 0 Å². The Hall–Kier alpha value is -1.57. The smallest absolute Gasteiger partial charge is 0.126 e. The fourth-order valence-electron chi connectivity index (χ4n) is 1.37. The zero-order valence-electron chi connectivity index (χ0n) is 8.33. The van der Waals surface area contributed by atoms with Crippen molar-refractivity contribution in [1.82, 2.24) is 0 Å². The van der Waals surface area contributed by atoms with Crippen molar-refractivity contribution in [2.45, 2.75) is 0 Å². The van der Waals surface area contributed by atoms with Crippen molar-refractivity contribution in [2.24, 2.45) is 0 Å². The lowest BCUT2D eigenvalue weighted by Gasteiger charge is -2.03. The van der Waals surface area contributed by atoms with Crippen molar-refractivity contribution in [3.05, 3.63) is 42.5 Å². The summed E-state index contributed by atoms with van der Waals surface area (Å²) in [6.45, 7) is 0. The topological polar surface area (TPSA) is 9.23 Å². The molecule has 0 saturated heterocycles. The van der Waals surface area contributed by atoms with Crippen LogP contribution in [0.15, 0.2) is 42.5 Å². The highest BCUT2D eigenvalue weighted by molar-refractivity contribution is 5.88. The van der Waals surface area contributed by atoms with Crippen LogP contribution in [-0.2, 0) is 0 Å². The van der Waals surface area contributed by atoms with Crippen LogP contribution in [0.2, 0.25) is 0 Å². The molecule has 2 aromatic rings. The second kappa shape index (κ2) is 5.22. The van der Waals surface area contributed by atoms with Crippen molar-refractivity contribution >= 4 is 10.8 Å². The van der Waals surface area contributed by atoms with Gasteiger partial charge >= 0.3 is 0 Å². The van der Waals surface area contributed by atoms with Gasteiger partial charge in [0, 0.05) is 5.39 Å². The molecule has 0 aliphatic heterocycles. The quantitative estimate of drug-likeness (QED) is 0.672. The molecule has 2 heteroatoms. The van der Waals surface area contributed by atoms with Crippen LogP contribution in [-0.4, -0.2) is 14.3 Å². The monoisotopic (exact) mass is 192 g/mol. The van der Waals surface area contributed by atoms with Crippen LogP contribution in [0.5, 0.6) is 5.75 Å². The molecule has 74 valence electrons. The summed E-state index contributed by atoms with van der Waals surface area (Å²) in [5.41, 5.74) is 0. The number of alkyl halides is 1. The highest BCUT2D eigenvalue weighted by Gasteiger charge is 1.96. The Morgan fingerprint density at radius 2 is 1.57 bits per heavy atom. The van der Waals surface area contributed by atoms with Gasteiger partial charge in [0.05, 0.1) is 14.3 Å². The molecule has 0 atom stereocenters. The molecular weight excluding hydrogens is 179 g/mol. The zero-order valence-corrected chi connectivity index (χ0v) is 8.33. The number of fused-ring (bicyclic) bond motifs is 1. The Morgan fingerprint density at radius 3 is 2.29 bits per heavy atom. The van der Waals surface area contributed by atoms with Crippen LogP contribution in [0.25, 0.3) is 10.8 Å². The maximum atomic E-state index is 9.50. The van der Waals surface area contributed by atoms with Gasteiger partial charge in [-0.05, 0) is 11.5 Å². The number of rotatable bonds is 1. The minimum Gasteiger partial charge on any atom is -0.496 e. The predicted molar refractivity (Wildman–Crippen MR) is 57.5 cm³/mol. The number of hydrogen-bond acceptors (Lipinski definition) is 1. The van der Waals surface area contributed by atoms with E-state index in [0.717, 1.165) is 5.75 Å². The summed E-state index contributed by atoms with van der Waals surface area (Å²) in [7, 11) is 2.20. The Labute approximate surface area is 83.1 Å². The van der Waals surface area contributed by atoms with E-state index in [1.807, 2.05) is 24.3 Å². The third kappa shape index (κ3) is 2.02. The molecule has 2 rings (SSSR count). The van der Waals surface area contributed by atoms with E-state index in [0.29, 0.717) is 7.18 Å². The Kier molecular flexibility index (Phi) is 3.92. The van der Waals surface area contributed by atoms with Gasteiger partial charge in [0.15, 0.2) is 0 Å². The van der Waals surface area contributed by atoms with Crippen molar-refractivity contribution in [3.63, 3.8) is 0 Å². The maximum absolute atomic E-state index is 9.50. The minimum atomic E-state index is 0.500. The second-order valence-corrected chi connectivity index (χ2v) is 2.68. The highest BCUT2D eigenvalue weighted by Crippen LogP contribution is 2.24. The summed E-state index contributed by atoms with van der Waals surface area (Å²) in [5, 5.41) is 2.39. The van der Waals surface area contributed by atoms with Gasteiger partial charge in [-0.1, -0.05) is 36.4 Å². The van der Waals surface area contributed by atoms with Crippen molar-refractivity contribution < 1.29 is 9.13 Å². The lowest BCUT2D eigenvalue weighted by molar-refractivity contribution is 0.420. The highest BCUT2D eigenvalue weighted by atomic mass is 19.1. The van der Waals surface area contributed by atoms with Gasteiger partial charge < -0.3 is 4.74 Å². The fraction of sp³-hybridized carbons (Fsp3) is 0.167. The van der Waals surface area contributed by atoms with E-state index in [4.69, 9.17) is 4.74 Å². The number of hydrogen-bond donors (Lipinski definition) is 0. The van der Waals surface area contributed by atoms with Gasteiger partial charge in [0.25, 0.3) is 0 Å². The molecule has 0 amide bonds. The third-order valence-corrected chi connectivity index (χ3v) is 1.97. The third-order valence-electron chi connectivity index (χ3n) is 1.97. The van der Waals surface area contributed by atoms with Crippen LogP contribution >= 0.6 is 0 Å². The summed E-state index contributed by atoms with van der Waals surface area (Å²) in [4.78, 5) is 0. The standard InChI is InChI=1S/C11H10O.CH3F/c1-12-11-8-4-6-9-5-2-3-7-10(9)11;1-2/h2-8H,1H3;1H3. The van der Waals surface area contributed by atoms with Crippen LogP contribution in [0, 0.1) is 0 Å². The number of benzene rings is 2. The first kappa shape index (κ1) is 10.5. The first-order chi connectivity index (χ1) is 6.92. The van der Waals surface area contributed by atoms with E-state index in [1.54, 1.807) is 7.11 Å². The minimum absolute atomic E-state index is 0.500. The molecule has 0 unspecified atom stereocenters. The fourth-order valence-corrected chi connectivity index (χ4v) is 1.37. The van der Waals surface area contributed by atoms with E-state index in [9.17, 15) is 4.39 Å². The SMILES string of the molecule is CF.COc1cccc2ccccc12. The molecule has 0 aromatic heterocycles. The molecule has 0 aliphatic rings. The van der Waals surface area contributed by atoms with Gasteiger partial charge in [-0.25, -0.2) is 0 Å². The van der Waals surface area contributed by atoms with E-state index in [2.05, 4.69) is 18.2 Å². The molecule has 1 nitrogen and oxygen atoms in total. The summed E-state index contributed by atoms with van der Waals surface area (Å²) in [6, 6.07) is 14.2. The largest absolute Gasteiger partial charge is 0.496 e. The Morgan fingerprint density at radius 1 is 0.929 bits per heavy atom. The summed E-state index contributed by atoms with van der Waals surface area (Å²) >= 11 is 0. The van der Waals surface area contributed by atoms with Crippen molar-refractivity contribution in [1.29, 1.82) is 0 Å². The number of methoxy groups -OCH3 is 1. The predicted octanol–water partition coefficient (Wildman–Crippen LogP) is 3.43. The molecule has 2 aromatic carbocycles. The lowest BCUT2D eigenvalue weighted by atomic mass is 10.1. The maximum Gasteiger partial charge on any atom is 0.126 e. The normalized spacial score (nSPS) is 9.07. The van der Waals surface area contributed by atoms with Crippen LogP contribution < -0.4 is 4.74 Å². The summed E-state index contributed by atoms with van der Waals surface area (Å²) in [6.07, 6.45) is 0. The number of ether oxygens (including phenoxy) is 1. The van der Waals surface area contributed by atoms with Crippen LogP contribution in [0.3, 0.4) is 0 Å². The molecular formula is C12H13FO. The van der Waals surface area contributed by atoms with Gasteiger partial charge in [0.2, 0.25) is 0 Å². The summed E-state index contributed by atoms with van der Waals surface area (Å²) < 4.78 is 14.7. The van der Waals surface area contributed by atoms with E-state index < -0.39 is 0 Å². The molecule has 0 spiro atoms. The van der Waals surface area contributed by atoms with E-state index >= 15 is 0 Å². The van der Waals surface area contributed by atoms with E-state index in [1.165, 1.54) is 10.8 Å². The average Bonchev–Trinajstić information content (AvgIpc) is 2.31. The Balaban J connectivity index is 0.000000461. The lowest BCUT2D eigenvalue weighted by Crippen LogP contribution is -1.83. The first-order valence-corrected chi connectivity index (χ1v) is 4.31. The average molecular weight is 192 g/mol. The Bertz CT molecular complexity index is 393. The molecule has 0 aliphatic carbocycles. The van der Waals surface area contributed by atoms with Crippen molar-refractivity contribution in [3.8, 4) is 5.75 Å². The first-order valence-electron chi connectivity index (χ1n) is 4.31. The molecule has 0 bridgehead atoms. The van der Waals surface area contributed by atoms with Crippen LogP contribution in [0.1, 0.15) is 0 Å². The van der Waals surface area contributed by atoms with Gasteiger partial charge in [-0.15, -0.1) is 0 Å². The van der Waals surface area contributed by atoms with Crippen LogP contribution in [0.4, 0.5) is 4.39 Å². The molecule has 0 fully saturated rings. The molecule has 0 saturated carbocycles. The molecule has 14 heavy (non-hydrogen) atoms. The van der Waals surface area contributed by atoms with Gasteiger partial charge in [-0.3, -0.25) is 4.39 Å². The van der Waals surface area contributed by atoms with Gasteiger partial charge in [0.1, 0.15) is 5.75 Å².